The van der Waals surface area contributed by atoms with Crippen LogP contribution >= 0.6 is 24.0 Å². The topological polar surface area (TPSA) is 115 Å². The minimum absolute atomic E-state index is 0. The van der Waals surface area contributed by atoms with Gasteiger partial charge in [-0.15, -0.1) is 24.0 Å². The minimum Gasteiger partial charge on any atom is -0.357 e. The number of sulfonamides is 1. The molecule has 0 unspecified atom stereocenters. The van der Waals surface area contributed by atoms with E-state index in [1.54, 1.807) is 11.2 Å². The summed E-state index contributed by atoms with van der Waals surface area (Å²) >= 11 is 0. The third-order valence-electron chi connectivity index (χ3n) is 4.93. The van der Waals surface area contributed by atoms with E-state index in [1.807, 2.05) is 31.2 Å². The molecule has 0 saturated carbocycles. The molecule has 1 aromatic carbocycles. The molecule has 0 aliphatic carbocycles. The molecule has 1 aromatic heterocycles. The number of guanidine groups is 1. The molecular weight excluding hydrogens is 517 g/mol. The standard InChI is InChI=1S/C19H29N7O2S.HI/c1-3-20-19(24-17-8-10-26(11-9-17)29(27,28)4-2)21-13-15-6-5-7-16(12-15)18-22-14-23-25-18;/h5-7,12,14,17H,3-4,8-11,13H2,1-2H3,(H2,20,21,24)(H,22,23,25);1H. The lowest BCUT2D eigenvalue weighted by molar-refractivity contribution is 0.306. The molecule has 2 heterocycles. The fourth-order valence-electron chi connectivity index (χ4n) is 3.31. The van der Waals surface area contributed by atoms with Crippen LogP contribution in [0.3, 0.4) is 0 Å². The number of hydrogen-bond donors (Lipinski definition) is 3. The second-order valence-electron chi connectivity index (χ2n) is 6.95. The molecule has 0 atom stereocenters. The summed E-state index contributed by atoms with van der Waals surface area (Å²) in [6, 6.07) is 8.24. The van der Waals surface area contributed by atoms with Crippen LogP contribution in [0.5, 0.6) is 0 Å². The summed E-state index contributed by atoms with van der Waals surface area (Å²) in [6.45, 7) is 6.09. The van der Waals surface area contributed by atoms with Gasteiger partial charge >= 0.3 is 0 Å². The molecule has 3 N–H and O–H groups in total. The first kappa shape index (κ1) is 24.5. The molecule has 11 heteroatoms. The number of hydrogen-bond acceptors (Lipinski definition) is 5. The van der Waals surface area contributed by atoms with Crippen molar-refractivity contribution in [2.24, 2.45) is 4.99 Å². The van der Waals surface area contributed by atoms with E-state index in [4.69, 9.17) is 4.99 Å². The number of nitrogens with one attached hydrogen (secondary N) is 3. The fraction of sp³-hybridized carbons (Fsp3) is 0.526. The predicted octanol–water partition coefficient (Wildman–Crippen LogP) is 1.96. The van der Waals surface area contributed by atoms with Crippen LogP contribution in [0.15, 0.2) is 35.6 Å². The van der Waals surface area contributed by atoms with Gasteiger partial charge in [-0.1, -0.05) is 18.2 Å². The van der Waals surface area contributed by atoms with Crippen molar-refractivity contribution in [1.82, 2.24) is 30.1 Å². The number of aliphatic imine (C=N–C) groups is 1. The molecule has 0 amide bonds. The van der Waals surface area contributed by atoms with Crippen molar-refractivity contribution in [3.8, 4) is 11.4 Å². The van der Waals surface area contributed by atoms with Gasteiger partial charge in [0.2, 0.25) is 10.0 Å². The first-order valence-electron chi connectivity index (χ1n) is 9.99. The quantitative estimate of drug-likeness (QED) is 0.278. The van der Waals surface area contributed by atoms with E-state index in [1.165, 1.54) is 6.33 Å². The van der Waals surface area contributed by atoms with Crippen molar-refractivity contribution in [3.05, 3.63) is 36.2 Å². The summed E-state index contributed by atoms with van der Waals surface area (Å²) in [5.41, 5.74) is 2.04. The minimum atomic E-state index is -3.10. The average Bonchev–Trinajstić information content (AvgIpc) is 3.28. The van der Waals surface area contributed by atoms with Crippen molar-refractivity contribution in [2.75, 3.05) is 25.4 Å². The fourth-order valence-corrected chi connectivity index (χ4v) is 4.44. The molecular formula is C19H30IN7O2S. The third kappa shape index (κ3) is 6.64. The summed E-state index contributed by atoms with van der Waals surface area (Å²) in [5.74, 6) is 1.63. The molecule has 0 radical (unpaired) electrons. The highest BCUT2D eigenvalue weighted by molar-refractivity contribution is 14.0. The second kappa shape index (κ2) is 11.6. The maximum Gasteiger partial charge on any atom is 0.213 e. The summed E-state index contributed by atoms with van der Waals surface area (Å²) in [5, 5.41) is 13.5. The highest BCUT2D eigenvalue weighted by Gasteiger charge is 2.26. The Hall–Kier alpha value is -1.73. The van der Waals surface area contributed by atoms with Gasteiger partial charge in [-0.05, 0) is 38.3 Å². The first-order chi connectivity index (χ1) is 14.0. The normalized spacial score (nSPS) is 16.1. The molecule has 1 aliphatic heterocycles. The smallest absolute Gasteiger partial charge is 0.213 e. The third-order valence-corrected chi connectivity index (χ3v) is 6.81. The SMILES string of the molecule is CCNC(=NCc1cccc(-c2ncn[nH]2)c1)NC1CCN(S(=O)(=O)CC)CC1.I. The molecule has 0 bridgehead atoms. The zero-order valence-corrected chi connectivity index (χ0v) is 20.5. The van der Waals surface area contributed by atoms with Crippen molar-refractivity contribution in [1.29, 1.82) is 0 Å². The van der Waals surface area contributed by atoms with Crippen LogP contribution in [-0.4, -0.2) is 65.3 Å². The van der Waals surface area contributed by atoms with Gasteiger partial charge in [0.15, 0.2) is 11.8 Å². The number of H-pyrrole nitrogens is 1. The van der Waals surface area contributed by atoms with Crippen molar-refractivity contribution in [3.63, 3.8) is 0 Å². The van der Waals surface area contributed by atoms with Gasteiger partial charge in [0, 0.05) is 31.2 Å². The number of rotatable bonds is 7. The van der Waals surface area contributed by atoms with Crippen LogP contribution < -0.4 is 10.6 Å². The predicted molar refractivity (Wildman–Crippen MR) is 129 cm³/mol. The largest absolute Gasteiger partial charge is 0.357 e. The maximum atomic E-state index is 12.0. The van der Waals surface area contributed by atoms with Gasteiger partial charge in [-0.3, -0.25) is 5.10 Å². The lowest BCUT2D eigenvalue weighted by atomic mass is 10.1. The van der Waals surface area contributed by atoms with Crippen LogP contribution in [0.1, 0.15) is 32.3 Å². The molecule has 9 nitrogen and oxygen atoms in total. The van der Waals surface area contributed by atoms with Crippen LogP contribution in [-0.2, 0) is 16.6 Å². The Morgan fingerprint density at radius 1 is 1.30 bits per heavy atom. The van der Waals surface area contributed by atoms with Gasteiger partial charge in [0.25, 0.3) is 0 Å². The average molecular weight is 547 g/mol. The molecule has 3 rings (SSSR count). The van der Waals surface area contributed by atoms with E-state index in [9.17, 15) is 8.42 Å². The van der Waals surface area contributed by atoms with Crippen molar-refractivity contribution in [2.45, 2.75) is 39.3 Å². The summed E-state index contributed by atoms with van der Waals surface area (Å²) < 4.78 is 25.6. The van der Waals surface area contributed by atoms with Crippen molar-refractivity contribution >= 4 is 40.0 Å². The van der Waals surface area contributed by atoms with Gasteiger partial charge in [-0.2, -0.15) is 5.10 Å². The van der Waals surface area contributed by atoms with E-state index in [0.29, 0.717) is 19.6 Å². The zero-order chi connectivity index (χ0) is 20.7. The molecule has 0 spiro atoms. The monoisotopic (exact) mass is 547 g/mol. The summed E-state index contributed by atoms with van der Waals surface area (Å²) in [4.78, 5) is 8.89. The molecule has 166 valence electrons. The number of piperidine rings is 1. The van der Waals surface area contributed by atoms with Crippen molar-refractivity contribution < 1.29 is 8.42 Å². The summed E-state index contributed by atoms with van der Waals surface area (Å²) in [7, 11) is -3.10. The van der Waals surface area contributed by atoms with Crippen LogP contribution in [0.25, 0.3) is 11.4 Å². The number of aromatic amines is 1. The van der Waals surface area contributed by atoms with Crippen LogP contribution in [0, 0.1) is 0 Å². The Labute approximate surface area is 195 Å². The molecule has 30 heavy (non-hydrogen) atoms. The Morgan fingerprint density at radius 3 is 2.70 bits per heavy atom. The van der Waals surface area contributed by atoms with E-state index >= 15 is 0 Å². The van der Waals surface area contributed by atoms with E-state index in [2.05, 4.69) is 25.8 Å². The van der Waals surface area contributed by atoms with Crippen LogP contribution in [0.4, 0.5) is 0 Å². The van der Waals surface area contributed by atoms with E-state index in [-0.39, 0.29) is 35.8 Å². The van der Waals surface area contributed by atoms with E-state index < -0.39 is 10.0 Å². The molecule has 1 fully saturated rings. The van der Waals surface area contributed by atoms with Crippen LogP contribution in [0.2, 0.25) is 0 Å². The number of benzene rings is 1. The van der Waals surface area contributed by atoms with E-state index in [0.717, 1.165) is 42.3 Å². The molecule has 1 aliphatic rings. The Kier molecular flexibility index (Phi) is 9.49. The Balaban J connectivity index is 0.00000320. The number of nitrogens with zero attached hydrogens (tertiary/aromatic N) is 4. The van der Waals surface area contributed by atoms with Gasteiger partial charge in [0.05, 0.1) is 12.3 Å². The van der Waals surface area contributed by atoms with Gasteiger partial charge in [0.1, 0.15) is 6.33 Å². The lowest BCUT2D eigenvalue weighted by Crippen LogP contribution is -2.50. The second-order valence-corrected chi connectivity index (χ2v) is 9.21. The summed E-state index contributed by atoms with van der Waals surface area (Å²) in [6.07, 6.45) is 3.03. The Morgan fingerprint density at radius 2 is 2.07 bits per heavy atom. The number of aromatic nitrogens is 3. The van der Waals surface area contributed by atoms with Gasteiger partial charge in [-0.25, -0.2) is 22.7 Å². The maximum absolute atomic E-state index is 12.0. The Bertz CT molecular complexity index is 911. The van der Waals surface area contributed by atoms with Gasteiger partial charge < -0.3 is 10.6 Å². The molecule has 1 saturated heterocycles. The highest BCUT2D eigenvalue weighted by atomic mass is 127. The highest BCUT2D eigenvalue weighted by Crippen LogP contribution is 2.17. The first-order valence-corrected chi connectivity index (χ1v) is 11.6. The number of halogens is 1. The lowest BCUT2D eigenvalue weighted by Gasteiger charge is -2.32. The molecule has 2 aromatic rings. The zero-order valence-electron chi connectivity index (χ0n) is 17.3.